The summed E-state index contributed by atoms with van der Waals surface area (Å²) in [7, 11) is 0. The number of pyridine rings is 1. The highest BCUT2D eigenvalue weighted by molar-refractivity contribution is 5.90. The number of nitrogens with zero attached hydrogens (tertiary/aromatic N) is 5. The molecule has 2 aromatic carbocycles. The minimum atomic E-state index is 0.270. The molecular formula is C27H27N5O. The summed E-state index contributed by atoms with van der Waals surface area (Å²) in [4.78, 5) is 18.7. The van der Waals surface area contributed by atoms with E-state index in [1.807, 2.05) is 6.20 Å². The molecule has 1 atom stereocenters. The van der Waals surface area contributed by atoms with E-state index in [4.69, 9.17) is 4.98 Å². The lowest BCUT2D eigenvalue weighted by Gasteiger charge is -2.20. The molecule has 1 fully saturated rings. The molecule has 2 aliphatic rings. The molecular weight excluding hydrogens is 410 g/mol. The third kappa shape index (κ3) is 3.75. The number of likely N-dealkylation sites (tertiary alicyclic amines) is 1. The van der Waals surface area contributed by atoms with Crippen molar-refractivity contribution in [3.8, 4) is 11.1 Å². The third-order valence-corrected chi connectivity index (χ3v) is 6.92. The molecule has 0 radical (unpaired) electrons. The number of anilines is 2. The van der Waals surface area contributed by atoms with Crippen LogP contribution in [0.3, 0.4) is 0 Å². The van der Waals surface area contributed by atoms with E-state index in [1.54, 1.807) is 6.33 Å². The van der Waals surface area contributed by atoms with E-state index >= 15 is 0 Å². The van der Waals surface area contributed by atoms with Crippen LogP contribution in [0.25, 0.3) is 22.2 Å². The summed E-state index contributed by atoms with van der Waals surface area (Å²) in [6.07, 6.45) is 5.65. The molecule has 0 saturated carbocycles. The molecule has 0 bridgehead atoms. The fourth-order valence-electron chi connectivity index (χ4n) is 5.26. The van der Waals surface area contributed by atoms with Gasteiger partial charge in [-0.3, -0.25) is 9.88 Å². The zero-order valence-corrected chi connectivity index (χ0v) is 18.6. The Bertz CT molecular complexity index is 1290. The van der Waals surface area contributed by atoms with Gasteiger partial charge in [-0.25, -0.2) is 9.97 Å². The Hall–Kier alpha value is -3.35. The molecule has 2 aromatic heterocycles. The number of fused-ring (bicyclic) bond motifs is 2. The van der Waals surface area contributed by atoms with Gasteiger partial charge in [0.2, 0.25) is 0 Å². The second-order valence-electron chi connectivity index (χ2n) is 9.05. The maximum Gasteiger partial charge on any atom is 0.163 e. The van der Waals surface area contributed by atoms with Gasteiger partial charge in [0.05, 0.1) is 5.52 Å². The number of aliphatic hydroxyl groups excluding tert-OH is 1. The van der Waals surface area contributed by atoms with Crippen molar-refractivity contribution in [1.29, 1.82) is 0 Å². The van der Waals surface area contributed by atoms with Gasteiger partial charge < -0.3 is 10.0 Å². The zero-order chi connectivity index (χ0) is 22.2. The maximum absolute atomic E-state index is 9.42. The minimum Gasteiger partial charge on any atom is -0.396 e. The van der Waals surface area contributed by atoms with Crippen molar-refractivity contribution < 1.29 is 5.11 Å². The lowest BCUT2D eigenvalue weighted by molar-refractivity contribution is 0.220. The fraction of sp³-hybridized carbons (Fsp3) is 0.296. The smallest absolute Gasteiger partial charge is 0.163 e. The molecule has 4 heterocycles. The summed E-state index contributed by atoms with van der Waals surface area (Å²) in [6.45, 7) is 3.95. The topological polar surface area (TPSA) is 65.4 Å². The van der Waals surface area contributed by atoms with Crippen molar-refractivity contribution in [2.45, 2.75) is 19.4 Å². The number of aromatic nitrogens is 3. The van der Waals surface area contributed by atoms with Gasteiger partial charge in [0.15, 0.2) is 5.82 Å². The van der Waals surface area contributed by atoms with Crippen LogP contribution in [0.4, 0.5) is 11.5 Å². The van der Waals surface area contributed by atoms with Gasteiger partial charge in [-0.1, -0.05) is 42.5 Å². The van der Waals surface area contributed by atoms with Crippen molar-refractivity contribution in [2.75, 3.05) is 31.1 Å². The van der Waals surface area contributed by atoms with Gasteiger partial charge in [0.25, 0.3) is 0 Å². The van der Waals surface area contributed by atoms with Crippen LogP contribution < -0.4 is 4.90 Å². The zero-order valence-electron chi connectivity index (χ0n) is 18.6. The molecule has 2 aliphatic heterocycles. The first-order valence-electron chi connectivity index (χ1n) is 11.7. The van der Waals surface area contributed by atoms with Gasteiger partial charge in [-0.15, -0.1) is 0 Å². The van der Waals surface area contributed by atoms with Crippen LogP contribution in [0.15, 0.2) is 67.1 Å². The Labute approximate surface area is 193 Å². The SMILES string of the molecule is OC[C@H]1CCN(Cc2cnc3c(N4CCc5c(-c6ccccc6)cccc54)ncnc3c2)C1. The van der Waals surface area contributed by atoms with Crippen molar-refractivity contribution in [2.24, 2.45) is 5.92 Å². The molecule has 0 unspecified atom stereocenters. The summed E-state index contributed by atoms with van der Waals surface area (Å²) in [5, 5.41) is 9.42. The lowest BCUT2D eigenvalue weighted by Crippen LogP contribution is -2.21. The van der Waals surface area contributed by atoms with Gasteiger partial charge in [0.1, 0.15) is 11.8 Å². The number of hydrogen-bond acceptors (Lipinski definition) is 6. The van der Waals surface area contributed by atoms with E-state index in [-0.39, 0.29) is 6.61 Å². The Kier molecular flexibility index (Phi) is 5.24. The van der Waals surface area contributed by atoms with E-state index < -0.39 is 0 Å². The Morgan fingerprint density at radius 3 is 2.73 bits per heavy atom. The van der Waals surface area contributed by atoms with Gasteiger partial charge in [-0.2, -0.15) is 0 Å². The molecule has 0 amide bonds. The first kappa shape index (κ1) is 20.3. The van der Waals surface area contributed by atoms with Crippen LogP contribution in [-0.2, 0) is 13.0 Å². The largest absolute Gasteiger partial charge is 0.396 e. The number of aliphatic hydroxyl groups is 1. The van der Waals surface area contributed by atoms with Crippen LogP contribution in [-0.4, -0.2) is 51.2 Å². The summed E-state index contributed by atoms with van der Waals surface area (Å²) < 4.78 is 0. The molecule has 166 valence electrons. The van der Waals surface area contributed by atoms with Crippen molar-refractivity contribution in [3.63, 3.8) is 0 Å². The van der Waals surface area contributed by atoms with E-state index in [9.17, 15) is 5.11 Å². The second kappa shape index (κ2) is 8.54. The fourth-order valence-corrected chi connectivity index (χ4v) is 5.26. The van der Waals surface area contributed by atoms with E-state index in [1.165, 1.54) is 22.4 Å². The number of hydrogen-bond donors (Lipinski definition) is 1. The van der Waals surface area contributed by atoms with Crippen LogP contribution >= 0.6 is 0 Å². The van der Waals surface area contributed by atoms with Crippen LogP contribution in [0.1, 0.15) is 17.5 Å². The Morgan fingerprint density at radius 1 is 0.970 bits per heavy atom. The molecule has 33 heavy (non-hydrogen) atoms. The molecule has 6 rings (SSSR count). The lowest BCUT2D eigenvalue weighted by atomic mass is 9.98. The van der Waals surface area contributed by atoms with Crippen LogP contribution in [0.5, 0.6) is 0 Å². The van der Waals surface area contributed by atoms with Gasteiger partial charge >= 0.3 is 0 Å². The van der Waals surface area contributed by atoms with Crippen molar-refractivity contribution in [3.05, 3.63) is 78.2 Å². The van der Waals surface area contributed by atoms with E-state index in [0.29, 0.717) is 5.92 Å². The molecule has 0 spiro atoms. The Balaban J connectivity index is 1.32. The average molecular weight is 438 g/mol. The standard InChI is InChI=1S/C27H27N5O/c33-17-19-9-11-31(15-19)16-20-13-24-26(28-14-20)27(30-18-29-24)32-12-10-23-22(7-4-8-25(23)32)21-5-2-1-3-6-21/h1-8,13-14,18-19,33H,9-12,15-17H2/t19-/m0/s1. The second-order valence-corrected chi connectivity index (χ2v) is 9.05. The molecule has 4 aromatic rings. The third-order valence-electron chi connectivity index (χ3n) is 6.92. The van der Waals surface area contributed by atoms with Crippen molar-refractivity contribution >= 4 is 22.5 Å². The molecule has 6 nitrogen and oxygen atoms in total. The monoisotopic (exact) mass is 437 g/mol. The molecule has 1 saturated heterocycles. The molecule has 6 heteroatoms. The van der Waals surface area contributed by atoms with E-state index in [2.05, 4.69) is 74.4 Å². The highest BCUT2D eigenvalue weighted by Gasteiger charge is 2.26. The van der Waals surface area contributed by atoms with Crippen molar-refractivity contribution in [1.82, 2.24) is 19.9 Å². The molecule has 0 aliphatic carbocycles. The number of rotatable bonds is 5. The first-order chi connectivity index (χ1) is 16.3. The predicted octanol–water partition coefficient (Wildman–Crippen LogP) is 4.20. The predicted molar refractivity (Wildman–Crippen MR) is 130 cm³/mol. The minimum absolute atomic E-state index is 0.270. The summed E-state index contributed by atoms with van der Waals surface area (Å²) in [5.41, 5.74) is 7.97. The van der Waals surface area contributed by atoms with Crippen LogP contribution in [0.2, 0.25) is 0 Å². The Morgan fingerprint density at radius 2 is 1.88 bits per heavy atom. The highest BCUT2D eigenvalue weighted by atomic mass is 16.3. The average Bonchev–Trinajstić information content (AvgIpc) is 3.51. The van der Waals surface area contributed by atoms with Gasteiger partial charge in [-0.05, 0) is 59.7 Å². The van der Waals surface area contributed by atoms with Crippen LogP contribution in [0, 0.1) is 5.92 Å². The number of benzene rings is 2. The molecule has 1 N–H and O–H groups in total. The first-order valence-corrected chi connectivity index (χ1v) is 11.7. The summed E-state index contributed by atoms with van der Waals surface area (Å²) in [5.74, 6) is 1.26. The maximum atomic E-state index is 9.42. The summed E-state index contributed by atoms with van der Waals surface area (Å²) in [6, 6.07) is 19.2. The normalized spacial score (nSPS) is 18.2. The van der Waals surface area contributed by atoms with Gasteiger partial charge in [0, 0.05) is 38.1 Å². The quantitative estimate of drug-likeness (QED) is 0.505. The van der Waals surface area contributed by atoms with E-state index in [0.717, 1.165) is 61.4 Å². The highest BCUT2D eigenvalue weighted by Crippen LogP contribution is 2.40. The summed E-state index contributed by atoms with van der Waals surface area (Å²) >= 11 is 0.